The minimum absolute atomic E-state index is 0.0762. The molecule has 4 nitrogen and oxygen atoms in total. The first kappa shape index (κ1) is 10.5. The van der Waals surface area contributed by atoms with Crippen molar-refractivity contribution in [1.29, 1.82) is 0 Å². The highest BCUT2D eigenvalue weighted by atomic mass is 16.3. The van der Waals surface area contributed by atoms with Crippen molar-refractivity contribution in [3.05, 3.63) is 24.2 Å². The largest absolute Gasteiger partial charge is 0.463 e. The van der Waals surface area contributed by atoms with Crippen molar-refractivity contribution < 1.29 is 4.42 Å². The lowest BCUT2D eigenvalue weighted by Crippen LogP contribution is -2.13. The van der Waals surface area contributed by atoms with Crippen molar-refractivity contribution in [3.8, 4) is 0 Å². The van der Waals surface area contributed by atoms with Gasteiger partial charge in [-0.25, -0.2) is 0 Å². The first-order valence-corrected chi connectivity index (χ1v) is 4.44. The summed E-state index contributed by atoms with van der Waals surface area (Å²) < 4.78 is 5.05. The summed E-state index contributed by atoms with van der Waals surface area (Å²) in [6, 6.07) is 3.64. The van der Waals surface area contributed by atoms with Crippen LogP contribution >= 0.6 is 0 Å². The van der Waals surface area contributed by atoms with Crippen LogP contribution in [0.15, 0.2) is 32.9 Å². The second kappa shape index (κ2) is 4.60. The third-order valence-corrected chi connectivity index (χ3v) is 1.32. The van der Waals surface area contributed by atoms with Crippen molar-refractivity contribution in [3.63, 3.8) is 0 Å². The second-order valence-electron chi connectivity index (χ2n) is 3.83. The van der Waals surface area contributed by atoms with Crippen molar-refractivity contribution in [1.82, 2.24) is 5.43 Å². The maximum Gasteiger partial charge on any atom is 0.146 e. The summed E-state index contributed by atoms with van der Waals surface area (Å²) in [5.74, 6) is 0.710. The van der Waals surface area contributed by atoms with Crippen LogP contribution in [0.2, 0.25) is 0 Å². The summed E-state index contributed by atoms with van der Waals surface area (Å²) in [6.07, 6.45) is 4.76. The number of hydrogen-bond donors (Lipinski definition) is 1. The molecule has 0 aliphatic rings. The number of nitrogens with zero attached hydrogens (tertiary/aromatic N) is 2. The van der Waals surface area contributed by atoms with Gasteiger partial charge in [0, 0.05) is 0 Å². The van der Waals surface area contributed by atoms with Gasteiger partial charge in [-0.1, -0.05) is 0 Å². The maximum atomic E-state index is 5.05. The molecule has 4 heteroatoms. The van der Waals surface area contributed by atoms with E-state index < -0.39 is 0 Å². The van der Waals surface area contributed by atoms with Gasteiger partial charge in [0.1, 0.15) is 12.1 Å². The van der Waals surface area contributed by atoms with E-state index in [1.165, 1.54) is 0 Å². The van der Waals surface area contributed by atoms with E-state index in [0.29, 0.717) is 5.76 Å². The molecular formula is C10H15N3O. The zero-order chi connectivity index (χ0) is 10.4. The zero-order valence-electron chi connectivity index (χ0n) is 8.69. The molecule has 0 amide bonds. The van der Waals surface area contributed by atoms with E-state index >= 15 is 0 Å². The van der Waals surface area contributed by atoms with Crippen LogP contribution in [0, 0.1) is 0 Å². The first-order valence-electron chi connectivity index (χ1n) is 4.44. The Labute approximate surface area is 83.7 Å². The van der Waals surface area contributed by atoms with Crippen molar-refractivity contribution >= 4 is 12.6 Å². The Morgan fingerprint density at radius 2 is 2.21 bits per heavy atom. The molecule has 76 valence electrons. The van der Waals surface area contributed by atoms with E-state index in [1.54, 1.807) is 18.8 Å². The molecule has 0 fully saturated rings. The van der Waals surface area contributed by atoms with Crippen molar-refractivity contribution in [2.45, 2.75) is 26.3 Å². The Hall–Kier alpha value is -1.58. The summed E-state index contributed by atoms with van der Waals surface area (Å²) in [5, 5.41) is 3.90. The van der Waals surface area contributed by atoms with E-state index in [-0.39, 0.29) is 5.54 Å². The fourth-order valence-electron chi connectivity index (χ4n) is 0.721. The SMILES string of the molecule is CC(C)(C)N=CN/N=C/c1ccco1. The fourth-order valence-corrected chi connectivity index (χ4v) is 0.721. The summed E-state index contributed by atoms with van der Waals surface area (Å²) in [6.45, 7) is 6.05. The molecule has 1 rings (SSSR count). The number of aliphatic imine (C=N–C) groups is 1. The molecule has 0 unspecified atom stereocenters. The smallest absolute Gasteiger partial charge is 0.146 e. The van der Waals surface area contributed by atoms with Gasteiger partial charge in [-0.05, 0) is 32.9 Å². The van der Waals surface area contributed by atoms with Gasteiger partial charge in [-0.2, -0.15) is 5.10 Å². The van der Waals surface area contributed by atoms with Crippen LogP contribution in [0.1, 0.15) is 26.5 Å². The molecule has 0 bridgehead atoms. The lowest BCUT2D eigenvalue weighted by molar-refractivity contribution is 0.559. The molecule has 1 aromatic rings. The van der Waals surface area contributed by atoms with E-state index in [4.69, 9.17) is 4.42 Å². The number of nitrogens with one attached hydrogen (secondary N) is 1. The molecular weight excluding hydrogens is 178 g/mol. The average molecular weight is 193 g/mol. The fraction of sp³-hybridized carbons (Fsp3) is 0.400. The predicted octanol–water partition coefficient (Wildman–Crippen LogP) is 2.03. The summed E-state index contributed by atoms with van der Waals surface area (Å²) >= 11 is 0. The standard InChI is InChI=1S/C10H15N3O/c1-10(2,3)11-8-13-12-7-9-5-4-6-14-9/h4-8H,1-3H3,(H,11,13)/b12-7+. The molecule has 0 aromatic carbocycles. The minimum Gasteiger partial charge on any atom is -0.463 e. The van der Waals surface area contributed by atoms with Gasteiger partial charge in [0.25, 0.3) is 0 Å². The topological polar surface area (TPSA) is 49.9 Å². The average Bonchev–Trinajstić information content (AvgIpc) is 2.54. The second-order valence-corrected chi connectivity index (χ2v) is 3.83. The summed E-state index contributed by atoms with van der Waals surface area (Å²) in [5.41, 5.74) is 2.62. The lowest BCUT2D eigenvalue weighted by Gasteiger charge is -2.09. The third-order valence-electron chi connectivity index (χ3n) is 1.32. The van der Waals surface area contributed by atoms with Crippen LogP contribution in [0.5, 0.6) is 0 Å². The quantitative estimate of drug-likeness (QED) is 0.453. The molecule has 0 radical (unpaired) electrons. The van der Waals surface area contributed by atoms with Gasteiger partial charge in [0.05, 0.1) is 18.0 Å². The van der Waals surface area contributed by atoms with Crippen LogP contribution < -0.4 is 5.43 Å². The molecule has 0 aliphatic carbocycles. The third kappa shape index (κ3) is 4.45. The normalized spacial score (nSPS) is 12.8. The van der Waals surface area contributed by atoms with Crippen LogP contribution in [-0.4, -0.2) is 18.1 Å². The lowest BCUT2D eigenvalue weighted by atomic mass is 10.1. The van der Waals surface area contributed by atoms with Gasteiger partial charge in [-0.15, -0.1) is 0 Å². The molecule has 1 N–H and O–H groups in total. The van der Waals surface area contributed by atoms with Crippen LogP contribution in [0.25, 0.3) is 0 Å². The Morgan fingerprint density at radius 3 is 2.79 bits per heavy atom. The number of rotatable bonds is 3. The van der Waals surface area contributed by atoms with E-state index in [0.717, 1.165) is 0 Å². The summed E-state index contributed by atoms with van der Waals surface area (Å²) in [7, 11) is 0. The molecule has 0 atom stereocenters. The highest BCUT2D eigenvalue weighted by molar-refractivity contribution is 5.76. The number of hydrogen-bond acceptors (Lipinski definition) is 3. The van der Waals surface area contributed by atoms with Gasteiger partial charge in [-0.3, -0.25) is 10.4 Å². The Kier molecular flexibility index (Phi) is 3.45. The number of furan rings is 1. The highest BCUT2D eigenvalue weighted by Crippen LogP contribution is 2.03. The molecule has 14 heavy (non-hydrogen) atoms. The summed E-state index contributed by atoms with van der Waals surface area (Å²) in [4.78, 5) is 4.19. The maximum absolute atomic E-state index is 5.05. The Bertz CT molecular complexity index is 307. The number of hydrazone groups is 1. The Morgan fingerprint density at radius 1 is 1.43 bits per heavy atom. The van der Waals surface area contributed by atoms with Crippen molar-refractivity contribution in [2.75, 3.05) is 0 Å². The van der Waals surface area contributed by atoms with Crippen LogP contribution in [0.4, 0.5) is 0 Å². The minimum atomic E-state index is -0.0762. The van der Waals surface area contributed by atoms with Crippen LogP contribution in [-0.2, 0) is 0 Å². The highest BCUT2D eigenvalue weighted by Gasteiger charge is 2.03. The van der Waals surface area contributed by atoms with Gasteiger partial charge >= 0.3 is 0 Å². The van der Waals surface area contributed by atoms with Gasteiger partial charge in [0.15, 0.2) is 0 Å². The Balaban J connectivity index is 2.32. The molecule has 0 saturated heterocycles. The van der Waals surface area contributed by atoms with E-state index in [9.17, 15) is 0 Å². The van der Waals surface area contributed by atoms with Gasteiger partial charge < -0.3 is 4.42 Å². The molecule has 1 heterocycles. The molecule has 0 saturated carbocycles. The van der Waals surface area contributed by atoms with E-state index in [2.05, 4.69) is 15.5 Å². The molecule has 0 spiro atoms. The van der Waals surface area contributed by atoms with Gasteiger partial charge in [0.2, 0.25) is 0 Å². The zero-order valence-corrected chi connectivity index (χ0v) is 8.69. The van der Waals surface area contributed by atoms with Crippen molar-refractivity contribution in [2.24, 2.45) is 10.1 Å². The predicted molar refractivity (Wildman–Crippen MR) is 57.7 cm³/mol. The molecule has 1 aromatic heterocycles. The van der Waals surface area contributed by atoms with Crippen LogP contribution in [0.3, 0.4) is 0 Å². The molecule has 0 aliphatic heterocycles. The van der Waals surface area contributed by atoms with E-state index in [1.807, 2.05) is 32.9 Å². The first-order chi connectivity index (χ1) is 6.58. The monoisotopic (exact) mass is 193 g/mol.